The molecule has 1 amide bonds. The monoisotopic (exact) mass is 343 g/mol. The fraction of sp³-hybridized carbons (Fsp3) is 0.389. The van der Waals surface area contributed by atoms with Gasteiger partial charge in [-0.2, -0.15) is 0 Å². The van der Waals surface area contributed by atoms with Crippen LogP contribution < -0.4 is 10.9 Å². The minimum atomic E-state index is -0.226. The second-order valence-electron chi connectivity index (χ2n) is 6.12. The normalized spacial score (nSPS) is 15.1. The van der Waals surface area contributed by atoms with Crippen molar-refractivity contribution in [3.05, 3.63) is 57.5 Å². The Labute approximate surface area is 145 Å². The van der Waals surface area contributed by atoms with Gasteiger partial charge in [-0.05, 0) is 32.3 Å². The number of nitrogens with one attached hydrogen (secondary N) is 2. The molecule has 3 rings (SSSR count). The molecule has 1 heterocycles. The fourth-order valence-corrected chi connectivity index (χ4v) is 3.44. The van der Waals surface area contributed by atoms with E-state index in [1.165, 1.54) is 17.3 Å². The highest BCUT2D eigenvalue weighted by Crippen LogP contribution is 2.32. The van der Waals surface area contributed by atoms with Crippen LogP contribution in [0.2, 0.25) is 0 Å². The lowest BCUT2D eigenvalue weighted by molar-refractivity contribution is -0.120. The number of carbonyl (C=O) groups excluding carboxylic acids is 1. The molecule has 1 atom stereocenters. The minimum Gasteiger partial charge on any atom is -0.353 e. The third-order valence-electron chi connectivity index (χ3n) is 4.04. The van der Waals surface area contributed by atoms with Crippen LogP contribution in [0.3, 0.4) is 0 Å². The number of benzene rings is 1. The van der Waals surface area contributed by atoms with Crippen molar-refractivity contribution in [3.8, 4) is 0 Å². The summed E-state index contributed by atoms with van der Waals surface area (Å²) in [6.07, 6.45) is 2.16. The summed E-state index contributed by atoms with van der Waals surface area (Å²) >= 11 is 1.51. The molecule has 0 saturated heterocycles. The molecule has 1 aromatic carbocycles. The fourth-order valence-electron chi connectivity index (χ4n) is 2.48. The summed E-state index contributed by atoms with van der Waals surface area (Å²) in [4.78, 5) is 31.5. The molecule has 2 N–H and O–H groups in total. The minimum absolute atomic E-state index is 0.0872. The van der Waals surface area contributed by atoms with Crippen LogP contribution in [0.4, 0.5) is 0 Å². The zero-order valence-electron chi connectivity index (χ0n) is 13.8. The van der Waals surface area contributed by atoms with E-state index in [0.717, 1.165) is 12.8 Å². The molecule has 5 nitrogen and oxygen atoms in total. The largest absolute Gasteiger partial charge is 0.353 e. The van der Waals surface area contributed by atoms with E-state index in [0.29, 0.717) is 22.5 Å². The van der Waals surface area contributed by atoms with Gasteiger partial charge in [0.25, 0.3) is 5.56 Å². The molecule has 0 radical (unpaired) electrons. The molecule has 0 aliphatic heterocycles. The van der Waals surface area contributed by atoms with Crippen LogP contribution in [0.25, 0.3) is 0 Å². The van der Waals surface area contributed by atoms with Crippen LogP contribution >= 0.6 is 11.8 Å². The molecule has 2 aromatic rings. The summed E-state index contributed by atoms with van der Waals surface area (Å²) in [5.74, 6) is -0.106. The maximum absolute atomic E-state index is 12.3. The number of H-pyrrole nitrogens is 1. The Balaban J connectivity index is 1.71. The number of thioether (sulfide) groups is 1. The number of hydrogen-bond acceptors (Lipinski definition) is 4. The second-order valence-corrected chi connectivity index (χ2v) is 7.45. The quantitative estimate of drug-likeness (QED) is 0.625. The van der Waals surface area contributed by atoms with Crippen molar-refractivity contribution in [1.29, 1.82) is 0 Å². The van der Waals surface area contributed by atoms with Crippen molar-refractivity contribution in [2.45, 2.75) is 49.6 Å². The van der Waals surface area contributed by atoms with E-state index < -0.39 is 0 Å². The smallest absolute Gasteiger partial charge is 0.255 e. The first-order valence-electron chi connectivity index (χ1n) is 8.13. The van der Waals surface area contributed by atoms with E-state index in [4.69, 9.17) is 0 Å². The maximum Gasteiger partial charge on any atom is 0.255 e. The Morgan fingerprint density at radius 2 is 2.08 bits per heavy atom. The third-order valence-corrected chi connectivity index (χ3v) is 5.08. The van der Waals surface area contributed by atoms with Crippen molar-refractivity contribution < 1.29 is 4.79 Å². The van der Waals surface area contributed by atoms with E-state index in [2.05, 4.69) is 34.3 Å². The SMILES string of the molecule is Cc1nc(SC(C)c2ccccc2)[nH]c(=O)c1CC(=O)NC1CC1. The molecule has 0 spiro atoms. The number of aryl methyl sites for hydroxylation is 1. The Kier molecular flexibility index (Phi) is 5.04. The Morgan fingerprint density at radius 3 is 2.71 bits per heavy atom. The molecular weight excluding hydrogens is 322 g/mol. The summed E-state index contributed by atoms with van der Waals surface area (Å²) in [5.41, 5.74) is 2.02. The maximum atomic E-state index is 12.3. The van der Waals surface area contributed by atoms with Crippen LogP contribution in [0.5, 0.6) is 0 Å². The van der Waals surface area contributed by atoms with E-state index >= 15 is 0 Å². The van der Waals surface area contributed by atoms with Gasteiger partial charge in [0.15, 0.2) is 5.16 Å². The summed E-state index contributed by atoms with van der Waals surface area (Å²) < 4.78 is 0. The molecule has 0 bridgehead atoms. The molecule has 6 heteroatoms. The standard InChI is InChI=1S/C18H21N3O2S/c1-11-15(10-16(22)20-14-8-9-14)17(23)21-18(19-11)24-12(2)13-6-4-3-5-7-13/h3-7,12,14H,8-10H2,1-2H3,(H,20,22)(H,19,21,23). The predicted molar refractivity (Wildman–Crippen MR) is 95.2 cm³/mol. The van der Waals surface area contributed by atoms with Gasteiger partial charge in [0.2, 0.25) is 5.91 Å². The average Bonchev–Trinajstić information content (AvgIpc) is 3.35. The molecule has 1 saturated carbocycles. The number of nitrogens with zero attached hydrogens (tertiary/aromatic N) is 1. The number of rotatable bonds is 6. The van der Waals surface area contributed by atoms with Crippen LogP contribution in [0.15, 0.2) is 40.3 Å². The number of hydrogen-bond donors (Lipinski definition) is 2. The Morgan fingerprint density at radius 1 is 1.38 bits per heavy atom. The van der Waals surface area contributed by atoms with Gasteiger partial charge in [0.05, 0.1) is 6.42 Å². The van der Waals surface area contributed by atoms with E-state index in [1.807, 2.05) is 18.2 Å². The van der Waals surface area contributed by atoms with E-state index in [9.17, 15) is 9.59 Å². The van der Waals surface area contributed by atoms with E-state index in [-0.39, 0.29) is 23.1 Å². The predicted octanol–water partition coefficient (Wildman–Crippen LogP) is 2.75. The van der Waals surface area contributed by atoms with Gasteiger partial charge in [0, 0.05) is 22.5 Å². The first-order valence-corrected chi connectivity index (χ1v) is 9.01. The summed E-state index contributed by atoms with van der Waals surface area (Å²) in [6.45, 7) is 3.86. The van der Waals surface area contributed by atoms with Crippen LogP contribution in [0, 0.1) is 6.92 Å². The van der Waals surface area contributed by atoms with Crippen LogP contribution in [-0.4, -0.2) is 21.9 Å². The van der Waals surface area contributed by atoms with Gasteiger partial charge in [-0.1, -0.05) is 42.1 Å². The first-order chi connectivity index (χ1) is 11.5. The first kappa shape index (κ1) is 16.8. The summed E-state index contributed by atoms with van der Waals surface area (Å²) in [6, 6.07) is 10.4. The zero-order valence-corrected chi connectivity index (χ0v) is 14.7. The average molecular weight is 343 g/mol. The highest BCUT2D eigenvalue weighted by Gasteiger charge is 2.24. The molecular formula is C18H21N3O2S. The summed E-state index contributed by atoms with van der Waals surface area (Å²) in [5, 5.41) is 3.66. The Hall–Kier alpha value is -2.08. The van der Waals surface area contributed by atoms with Crippen molar-refractivity contribution in [2.24, 2.45) is 0 Å². The Bertz CT molecular complexity index is 785. The molecule has 126 valence electrons. The van der Waals surface area contributed by atoms with Crippen molar-refractivity contribution >= 4 is 17.7 Å². The van der Waals surface area contributed by atoms with Crippen molar-refractivity contribution in [1.82, 2.24) is 15.3 Å². The van der Waals surface area contributed by atoms with Crippen LogP contribution in [-0.2, 0) is 11.2 Å². The number of aromatic nitrogens is 2. The number of amides is 1. The van der Waals surface area contributed by atoms with Gasteiger partial charge in [-0.3, -0.25) is 9.59 Å². The number of aromatic amines is 1. The lowest BCUT2D eigenvalue weighted by Gasteiger charge is -2.12. The van der Waals surface area contributed by atoms with Crippen LogP contribution in [0.1, 0.15) is 41.8 Å². The molecule has 1 aromatic heterocycles. The molecule has 24 heavy (non-hydrogen) atoms. The highest BCUT2D eigenvalue weighted by atomic mass is 32.2. The second kappa shape index (κ2) is 7.21. The molecule has 1 unspecified atom stereocenters. The molecule has 1 fully saturated rings. The van der Waals surface area contributed by atoms with Crippen molar-refractivity contribution in [2.75, 3.05) is 0 Å². The van der Waals surface area contributed by atoms with Gasteiger partial charge in [0.1, 0.15) is 0 Å². The van der Waals surface area contributed by atoms with Gasteiger partial charge in [-0.15, -0.1) is 0 Å². The third kappa shape index (κ3) is 4.26. The lowest BCUT2D eigenvalue weighted by Crippen LogP contribution is -2.30. The molecule has 1 aliphatic rings. The van der Waals surface area contributed by atoms with E-state index in [1.54, 1.807) is 6.92 Å². The van der Waals surface area contributed by atoms with Gasteiger partial charge >= 0.3 is 0 Å². The lowest BCUT2D eigenvalue weighted by atomic mass is 10.1. The number of carbonyl (C=O) groups is 1. The zero-order chi connectivity index (χ0) is 17.1. The van der Waals surface area contributed by atoms with Crippen molar-refractivity contribution in [3.63, 3.8) is 0 Å². The highest BCUT2D eigenvalue weighted by molar-refractivity contribution is 7.99. The molecule has 1 aliphatic carbocycles. The topological polar surface area (TPSA) is 74.8 Å². The summed E-state index contributed by atoms with van der Waals surface area (Å²) in [7, 11) is 0. The van der Waals surface area contributed by atoms with Gasteiger partial charge < -0.3 is 10.3 Å². The van der Waals surface area contributed by atoms with Gasteiger partial charge in [-0.25, -0.2) is 4.98 Å².